The highest BCUT2D eigenvalue weighted by Gasteiger charge is 2.55. The number of para-hydroxylation sites is 1. The van der Waals surface area contributed by atoms with Crippen molar-refractivity contribution in [3.8, 4) is 0 Å². The van der Waals surface area contributed by atoms with Crippen LogP contribution in [0.15, 0.2) is 35.3 Å². The molecule has 26 heavy (non-hydrogen) atoms. The van der Waals surface area contributed by atoms with Crippen LogP contribution in [-0.4, -0.2) is 34.5 Å². The molecule has 2 heterocycles. The summed E-state index contributed by atoms with van der Waals surface area (Å²) in [7, 11) is 0.970. The lowest BCUT2D eigenvalue weighted by molar-refractivity contribution is 0.00578. The van der Waals surface area contributed by atoms with Gasteiger partial charge in [0.1, 0.15) is 5.69 Å². The smallest absolute Gasteiger partial charge is 0.399 e. The average Bonchev–Trinajstić information content (AvgIpc) is 2.96. The normalized spacial score (nSPS) is 21.7. The summed E-state index contributed by atoms with van der Waals surface area (Å²) in [5.41, 5.74) is 1.31. The minimum absolute atomic E-state index is 0.138. The first kappa shape index (κ1) is 17.2. The van der Waals surface area contributed by atoms with Gasteiger partial charge in [0.2, 0.25) is 5.78 Å². The van der Waals surface area contributed by atoms with Crippen LogP contribution in [0.1, 0.15) is 55.5 Å². The van der Waals surface area contributed by atoms with E-state index in [0.29, 0.717) is 22.3 Å². The van der Waals surface area contributed by atoms with Crippen molar-refractivity contribution in [2.75, 3.05) is 0 Å². The third-order valence-corrected chi connectivity index (χ3v) is 6.03. The van der Waals surface area contributed by atoms with Crippen LogP contribution in [0, 0.1) is 0 Å². The number of allylic oxidation sites excluding steroid dienone is 2. The molecule has 1 fully saturated rings. The monoisotopic (exact) mass is 351 g/mol. The molecule has 1 aromatic carbocycles. The zero-order valence-corrected chi connectivity index (χ0v) is 16.0. The quantitative estimate of drug-likeness (QED) is 0.738. The van der Waals surface area contributed by atoms with Gasteiger partial charge in [-0.1, -0.05) is 18.2 Å². The fourth-order valence-corrected chi connectivity index (χ4v) is 3.74. The number of aromatic nitrogens is 1. The molecule has 0 N–H and O–H groups in total. The summed E-state index contributed by atoms with van der Waals surface area (Å²) in [5.74, 6) is -0.338. The minimum Gasteiger partial charge on any atom is -0.399 e. The molecule has 0 saturated carbocycles. The van der Waals surface area contributed by atoms with Crippen molar-refractivity contribution in [1.82, 2.24) is 4.57 Å². The minimum atomic E-state index is -0.845. The topological polar surface area (TPSA) is 57.5 Å². The van der Waals surface area contributed by atoms with Gasteiger partial charge < -0.3 is 13.9 Å². The number of aryl methyl sites for hydroxylation is 1. The Kier molecular flexibility index (Phi) is 3.43. The molecule has 1 saturated heterocycles. The molecule has 0 spiro atoms. The molecule has 2 aromatic rings. The predicted molar refractivity (Wildman–Crippen MR) is 100 cm³/mol. The van der Waals surface area contributed by atoms with E-state index in [2.05, 4.69) is 0 Å². The van der Waals surface area contributed by atoms with E-state index in [9.17, 15) is 9.59 Å². The van der Waals surface area contributed by atoms with Gasteiger partial charge in [-0.25, -0.2) is 0 Å². The van der Waals surface area contributed by atoms with Crippen molar-refractivity contribution in [2.24, 2.45) is 7.05 Å². The van der Waals surface area contributed by atoms with Crippen LogP contribution < -0.4 is 0 Å². The summed E-state index contributed by atoms with van der Waals surface area (Å²) in [6.07, 6.45) is 0. The molecule has 4 rings (SSSR count). The number of hydrogen-bond acceptors (Lipinski definition) is 4. The van der Waals surface area contributed by atoms with Crippen LogP contribution in [0.2, 0.25) is 0 Å². The van der Waals surface area contributed by atoms with E-state index >= 15 is 0 Å². The molecule has 6 heteroatoms. The summed E-state index contributed by atoms with van der Waals surface area (Å²) in [6, 6.07) is 7.58. The van der Waals surface area contributed by atoms with Crippen LogP contribution >= 0.6 is 0 Å². The van der Waals surface area contributed by atoms with Gasteiger partial charge in [-0.05, 0) is 40.7 Å². The van der Waals surface area contributed by atoms with Crippen molar-refractivity contribution in [2.45, 2.75) is 45.8 Å². The van der Waals surface area contributed by atoms with E-state index in [1.165, 1.54) is 0 Å². The van der Waals surface area contributed by atoms with Crippen LogP contribution in [-0.2, 0) is 16.4 Å². The Morgan fingerprint density at radius 2 is 1.54 bits per heavy atom. The Balaban J connectivity index is 1.90. The molecular weight excluding hydrogens is 329 g/mol. The van der Waals surface area contributed by atoms with E-state index in [1.807, 2.05) is 59.0 Å². The van der Waals surface area contributed by atoms with Gasteiger partial charge >= 0.3 is 7.12 Å². The third kappa shape index (κ3) is 2.06. The van der Waals surface area contributed by atoms with E-state index in [4.69, 9.17) is 9.31 Å². The number of rotatable bonds is 1. The number of hydrogen-bond donors (Lipinski definition) is 0. The highest BCUT2D eigenvalue weighted by Crippen LogP contribution is 2.42. The van der Waals surface area contributed by atoms with Crippen molar-refractivity contribution >= 4 is 29.6 Å². The maximum Gasteiger partial charge on any atom is 0.499 e. The van der Waals surface area contributed by atoms with Gasteiger partial charge in [0.15, 0.2) is 5.78 Å². The first-order valence-electron chi connectivity index (χ1n) is 8.80. The highest BCUT2D eigenvalue weighted by atomic mass is 16.7. The molecule has 0 bridgehead atoms. The molecular formula is C20H22BNO4. The fourth-order valence-electron chi connectivity index (χ4n) is 3.74. The largest absolute Gasteiger partial charge is 0.499 e. The van der Waals surface area contributed by atoms with Crippen LogP contribution in [0.4, 0.5) is 0 Å². The third-order valence-electron chi connectivity index (χ3n) is 6.03. The maximum absolute atomic E-state index is 13.4. The summed E-state index contributed by atoms with van der Waals surface area (Å²) in [6.45, 7) is 9.41. The van der Waals surface area contributed by atoms with Gasteiger partial charge in [0.05, 0.1) is 16.8 Å². The van der Waals surface area contributed by atoms with Crippen molar-refractivity contribution in [3.05, 3.63) is 46.6 Å². The van der Waals surface area contributed by atoms with Gasteiger partial charge in [0.25, 0.3) is 0 Å². The average molecular weight is 351 g/mol. The Labute approximate surface area is 153 Å². The second-order valence-corrected chi connectivity index (χ2v) is 8.08. The van der Waals surface area contributed by atoms with Gasteiger partial charge in [0, 0.05) is 29.0 Å². The summed E-state index contributed by atoms with van der Waals surface area (Å²) >= 11 is 0. The molecule has 0 atom stereocenters. The first-order chi connectivity index (χ1) is 12.1. The summed E-state index contributed by atoms with van der Waals surface area (Å²) in [5, 5.41) is 0.802. The SMILES string of the molecule is CC1=C(B2OC(C)(C)C(C)(C)O2)C(=O)c2c(c3ccccc3n2C)C1=O. The van der Waals surface area contributed by atoms with Gasteiger partial charge in [-0.15, -0.1) is 0 Å². The molecule has 2 aliphatic rings. The standard InChI is InChI=1S/C20H22BNO4/c1-11-15(21-25-19(2,3)20(4,5)26-21)18(24)16-14(17(11)23)12-9-7-8-10-13(12)22(16)6/h7-10H,1-6H3. The lowest BCUT2D eigenvalue weighted by Gasteiger charge is -2.32. The molecule has 1 aliphatic heterocycles. The molecule has 0 amide bonds. The van der Waals surface area contributed by atoms with Crippen molar-refractivity contribution < 1.29 is 18.9 Å². The molecule has 1 aromatic heterocycles. The van der Waals surface area contributed by atoms with Crippen LogP contribution in [0.3, 0.4) is 0 Å². The molecule has 0 unspecified atom stereocenters. The molecule has 0 radical (unpaired) electrons. The zero-order chi connectivity index (χ0) is 19.0. The number of ketones is 2. The van der Waals surface area contributed by atoms with E-state index in [0.717, 1.165) is 10.9 Å². The van der Waals surface area contributed by atoms with Crippen LogP contribution in [0.5, 0.6) is 0 Å². The second kappa shape index (κ2) is 5.18. The highest BCUT2D eigenvalue weighted by molar-refractivity contribution is 6.65. The number of fused-ring (bicyclic) bond motifs is 3. The number of nitrogens with zero attached hydrogens (tertiary/aromatic N) is 1. The van der Waals surface area contributed by atoms with E-state index in [1.54, 1.807) is 11.5 Å². The number of Topliss-reactive ketones (excluding diaryl/α,β-unsaturated/α-hetero) is 2. The number of benzene rings is 1. The zero-order valence-electron chi connectivity index (χ0n) is 16.0. The summed E-state index contributed by atoms with van der Waals surface area (Å²) < 4.78 is 13.9. The van der Waals surface area contributed by atoms with Crippen LogP contribution in [0.25, 0.3) is 10.9 Å². The number of carbonyl (C=O) groups is 2. The Morgan fingerprint density at radius 1 is 0.962 bits per heavy atom. The van der Waals surface area contributed by atoms with Crippen molar-refractivity contribution in [1.29, 1.82) is 0 Å². The summed E-state index contributed by atoms with van der Waals surface area (Å²) in [4.78, 5) is 26.5. The van der Waals surface area contributed by atoms with Gasteiger partial charge in [-0.3, -0.25) is 9.59 Å². The lowest BCUT2D eigenvalue weighted by Crippen LogP contribution is -2.41. The first-order valence-corrected chi connectivity index (χ1v) is 8.80. The second-order valence-electron chi connectivity index (χ2n) is 8.08. The fraction of sp³-hybridized carbons (Fsp3) is 0.400. The lowest BCUT2D eigenvalue weighted by atomic mass is 9.68. The van der Waals surface area contributed by atoms with Gasteiger partial charge in [-0.2, -0.15) is 0 Å². The molecule has 5 nitrogen and oxygen atoms in total. The Morgan fingerprint density at radius 3 is 2.15 bits per heavy atom. The Bertz CT molecular complexity index is 996. The predicted octanol–water partition coefficient (Wildman–Crippen LogP) is 3.51. The van der Waals surface area contributed by atoms with Crippen molar-refractivity contribution in [3.63, 3.8) is 0 Å². The van der Waals surface area contributed by atoms with E-state index < -0.39 is 18.3 Å². The Hall–Kier alpha value is -2.18. The molecule has 134 valence electrons. The maximum atomic E-state index is 13.4. The van der Waals surface area contributed by atoms with E-state index in [-0.39, 0.29) is 11.6 Å². The number of carbonyl (C=O) groups excluding carboxylic acids is 2. The molecule has 1 aliphatic carbocycles.